The number of fused-ring (bicyclic) bond motifs is 1. The first-order valence-corrected chi connectivity index (χ1v) is 7.96. The summed E-state index contributed by atoms with van der Waals surface area (Å²) in [4.78, 5) is 24.6. The highest BCUT2D eigenvalue weighted by atomic mass is 16.1. The molecule has 5 heteroatoms. The quantitative estimate of drug-likeness (QED) is 0.736. The molecule has 3 rings (SSSR count). The summed E-state index contributed by atoms with van der Waals surface area (Å²) in [6.45, 7) is 1.87. The number of rotatable bonds is 4. The summed E-state index contributed by atoms with van der Waals surface area (Å²) in [5.41, 5.74) is 2.70. The van der Waals surface area contributed by atoms with Crippen molar-refractivity contribution in [2.75, 3.05) is 0 Å². The largest absolute Gasteiger partial charge is 0.299 e. The standard InChI is InChI=1S/C20H17N3O2/c1-13-7-8-14(9-15(13)12-21)10-16(24)11-19-17-5-3-4-6-18(17)20(25)23(2)22-19/h3-9H,10-11H2,1-2H3. The predicted molar refractivity (Wildman–Crippen MR) is 95.3 cm³/mol. The number of aromatic nitrogens is 2. The highest BCUT2D eigenvalue weighted by Gasteiger charge is 2.13. The first-order valence-electron chi connectivity index (χ1n) is 7.96. The third-order valence-electron chi connectivity index (χ3n) is 4.22. The molecule has 5 nitrogen and oxygen atoms in total. The van der Waals surface area contributed by atoms with Gasteiger partial charge in [-0.2, -0.15) is 10.4 Å². The lowest BCUT2D eigenvalue weighted by Gasteiger charge is -2.08. The van der Waals surface area contributed by atoms with Crippen molar-refractivity contribution in [2.45, 2.75) is 19.8 Å². The maximum atomic E-state index is 12.5. The van der Waals surface area contributed by atoms with Crippen LogP contribution in [-0.4, -0.2) is 15.6 Å². The van der Waals surface area contributed by atoms with Crippen LogP contribution in [0.1, 0.15) is 22.4 Å². The van der Waals surface area contributed by atoms with Crippen molar-refractivity contribution in [1.82, 2.24) is 9.78 Å². The number of ketones is 1. The second kappa shape index (κ2) is 6.70. The van der Waals surface area contributed by atoms with Gasteiger partial charge in [0.15, 0.2) is 0 Å². The minimum absolute atomic E-state index is 0.0101. The van der Waals surface area contributed by atoms with Crippen LogP contribution in [0.2, 0.25) is 0 Å². The van der Waals surface area contributed by atoms with E-state index >= 15 is 0 Å². The molecule has 1 heterocycles. The predicted octanol–water partition coefficient (Wildman–Crippen LogP) is 2.47. The van der Waals surface area contributed by atoms with Gasteiger partial charge in [-0.15, -0.1) is 0 Å². The molecule has 0 atom stereocenters. The number of aryl methyl sites for hydroxylation is 2. The zero-order valence-electron chi connectivity index (χ0n) is 14.1. The van der Waals surface area contributed by atoms with E-state index in [2.05, 4.69) is 11.2 Å². The summed E-state index contributed by atoms with van der Waals surface area (Å²) in [5.74, 6) is -0.0101. The summed E-state index contributed by atoms with van der Waals surface area (Å²) in [6, 6.07) is 14.8. The van der Waals surface area contributed by atoms with E-state index in [1.165, 1.54) is 4.68 Å². The molecule has 124 valence electrons. The van der Waals surface area contributed by atoms with Crippen molar-refractivity contribution < 1.29 is 4.79 Å². The first kappa shape index (κ1) is 16.6. The number of hydrogen-bond donors (Lipinski definition) is 0. The Kier molecular flexibility index (Phi) is 4.44. The Hall–Kier alpha value is -3.26. The molecule has 2 aromatic carbocycles. The summed E-state index contributed by atoms with van der Waals surface area (Å²) in [7, 11) is 1.59. The Bertz CT molecular complexity index is 1070. The summed E-state index contributed by atoms with van der Waals surface area (Å²) >= 11 is 0. The van der Waals surface area contributed by atoms with Crippen LogP contribution in [0, 0.1) is 18.3 Å². The number of nitrogens with zero attached hydrogens (tertiary/aromatic N) is 3. The molecule has 3 aromatic rings. The van der Waals surface area contributed by atoms with Gasteiger partial charge in [0.25, 0.3) is 5.56 Å². The van der Waals surface area contributed by atoms with Gasteiger partial charge in [0.05, 0.1) is 29.1 Å². The summed E-state index contributed by atoms with van der Waals surface area (Å²) in [5, 5.41) is 14.6. The van der Waals surface area contributed by atoms with Gasteiger partial charge in [0.1, 0.15) is 5.78 Å². The van der Waals surface area contributed by atoms with E-state index in [4.69, 9.17) is 5.26 Å². The van der Waals surface area contributed by atoms with E-state index in [9.17, 15) is 9.59 Å². The zero-order chi connectivity index (χ0) is 18.0. The van der Waals surface area contributed by atoms with Crippen LogP contribution >= 0.6 is 0 Å². The van der Waals surface area contributed by atoms with E-state index in [1.807, 2.05) is 31.2 Å². The molecule has 0 aliphatic heterocycles. The average Bonchev–Trinajstić information content (AvgIpc) is 2.61. The first-order chi connectivity index (χ1) is 12.0. The van der Waals surface area contributed by atoms with Crippen LogP contribution in [0.5, 0.6) is 0 Å². The molecule has 0 N–H and O–H groups in total. The van der Waals surface area contributed by atoms with Gasteiger partial charge in [0.2, 0.25) is 0 Å². The molecular weight excluding hydrogens is 314 g/mol. The van der Waals surface area contributed by atoms with Gasteiger partial charge in [-0.1, -0.05) is 30.3 Å². The lowest BCUT2D eigenvalue weighted by atomic mass is 9.99. The van der Waals surface area contributed by atoms with Gasteiger partial charge in [0, 0.05) is 18.9 Å². The van der Waals surface area contributed by atoms with Gasteiger partial charge >= 0.3 is 0 Å². The van der Waals surface area contributed by atoms with Crippen molar-refractivity contribution >= 4 is 16.6 Å². The fourth-order valence-electron chi connectivity index (χ4n) is 2.88. The van der Waals surface area contributed by atoms with Crippen LogP contribution in [0.25, 0.3) is 10.8 Å². The number of carbonyl (C=O) groups is 1. The number of carbonyl (C=O) groups excluding carboxylic acids is 1. The smallest absolute Gasteiger partial charge is 0.274 e. The number of Topliss-reactive ketones (excluding diaryl/α,β-unsaturated/α-hetero) is 1. The second-order valence-electron chi connectivity index (χ2n) is 6.07. The molecule has 0 amide bonds. The minimum Gasteiger partial charge on any atom is -0.299 e. The maximum Gasteiger partial charge on any atom is 0.274 e. The molecule has 0 saturated carbocycles. The molecule has 0 aliphatic carbocycles. The van der Waals surface area contributed by atoms with Crippen molar-refractivity contribution in [3.8, 4) is 6.07 Å². The van der Waals surface area contributed by atoms with E-state index in [1.54, 1.807) is 25.2 Å². The van der Waals surface area contributed by atoms with Gasteiger partial charge in [-0.05, 0) is 30.2 Å². The lowest BCUT2D eigenvalue weighted by Crippen LogP contribution is -2.22. The number of hydrogen-bond acceptors (Lipinski definition) is 4. The minimum atomic E-state index is -0.177. The lowest BCUT2D eigenvalue weighted by molar-refractivity contribution is -0.117. The van der Waals surface area contributed by atoms with E-state index in [-0.39, 0.29) is 24.2 Å². The topological polar surface area (TPSA) is 75.8 Å². The van der Waals surface area contributed by atoms with E-state index in [0.29, 0.717) is 22.0 Å². The normalized spacial score (nSPS) is 10.6. The van der Waals surface area contributed by atoms with Crippen LogP contribution in [0.15, 0.2) is 47.3 Å². The van der Waals surface area contributed by atoms with Gasteiger partial charge < -0.3 is 0 Å². The molecule has 0 unspecified atom stereocenters. The van der Waals surface area contributed by atoms with Crippen molar-refractivity contribution in [3.05, 3.63) is 75.2 Å². The highest BCUT2D eigenvalue weighted by molar-refractivity contribution is 5.90. The van der Waals surface area contributed by atoms with Gasteiger partial charge in [-0.3, -0.25) is 9.59 Å². The Balaban J connectivity index is 1.89. The average molecular weight is 331 g/mol. The van der Waals surface area contributed by atoms with Crippen LogP contribution in [-0.2, 0) is 24.7 Å². The van der Waals surface area contributed by atoms with E-state index in [0.717, 1.165) is 11.1 Å². The SMILES string of the molecule is Cc1ccc(CC(=O)Cc2nn(C)c(=O)c3ccccc23)cc1C#N. The molecular formula is C20H17N3O2. The van der Waals surface area contributed by atoms with Crippen molar-refractivity contribution in [2.24, 2.45) is 7.05 Å². The molecule has 0 radical (unpaired) electrons. The van der Waals surface area contributed by atoms with Crippen LogP contribution < -0.4 is 5.56 Å². The fourth-order valence-corrected chi connectivity index (χ4v) is 2.88. The van der Waals surface area contributed by atoms with Crippen molar-refractivity contribution in [3.63, 3.8) is 0 Å². The molecule has 1 aromatic heterocycles. The molecule has 0 spiro atoms. The Morgan fingerprint density at radius 3 is 2.60 bits per heavy atom. The molecule has 0 bridgehead atoms. The summed E-state index contributed by atoms with van der Waals surface area (Å²) < 4.78 is 1.27. The Morgan fingerprint density at radius 2 is 1.88 bits per heavy atom. The third kappa shape index (κ3) is 3.33. The van der Waals surface area contributed by atoms with Crippen molar-refractivity contribution in [1.29, 1.82) is 5.26 Å². The summed E-state index contributed by atoms with van der Waals surface area (Å²) in [6.07, 6.45) is 0.373. The Morgan fingerprint density at radius 1 is 1.16 bits per heavy atom. The zero-order valence-corrected chi connectivity index (χ0v) is 14.1. The number of nitriles is 1. The third-order valence-corrected chi connectivity index (χ3v) is 4.22. The molecule has 0 fully saturated rings. The fraction of sp³-hybridized carbons (Fsp3) is 0.200. The van der Waals surface area contributed by atoms with E-state index < -0.39 is 0 Å². The number of benzene rings is 2. The monoisotopic (exact) mass is 331 g/mol. The van der Waals surface area contributed by atoms with Crippen LogP contribution in [0.3, 0.4) is 0 Å². The molecule has 0 aliphatic rings. The second-order valence-corrected chi connectivity index (χ2v) is 6.07. The molecule has 25 heavy (non-hydrogen) atoms. The van der Waals surface area contributed by atoms with Gasteiger partial charge in [-0.25, -0.2) is 4.68 Å². The maximum absolute atomic E-state index is 12.5. The Labute approximate surface area is 145 Å². The highest BCUT2D eigenvalue weighted by Crippen LogP contribution is 2.16. The van der Waals surface area contributed by atoms with Crippen LogP contribution in [0.4, 0.5) is 0 Å². The molecule has 0 saturated heterocycles.